The number of anilines is 1. The highest BCUT2D eigenvalue weighted by Crippen LogP contribution is 2.28. The highest BCUT2D eigenvalue weighted by atomic mass is 79.9. The second kappa shape index (κ2) is 7.12. The number of ether oxygens (including phenoxy) is 1. The second-order valence-electron chi connectivity index (χ2n) is 6.82. The number of nitrogens with zero attached hydrogens (tertiary/aromatic N) is 1. The van der Waals surface area contributed by atoms with Crippen LogP contribution >= 0.6 is 15.9 Å². The van der Waals surface area contributed by atoms with Crippen LogP contribution in [0.3, 0.4) is 0 Å². The molecule has 1 aliphatic rings. The van der Waals surface area contributed by atoms with Crippen LogP contribution in [-0.4, -0.2) is 31.8 Å². The SMILES string of the molecule is COC1CCCN(c2cc(Br)ccc2CNC(C)(C)C)C1. The van der Waals surface area contributed by atoms with E-state index >= 15 is 0 Å². The maximum atomic E-state index is 5.56. The zero-order valence-electron chi connectivity index (χ0n) is 13.6. The standard InChI is InChI=1S/C17H27BrN2O/c1-17(2,3)19-11-13-7-8-14(18)10-16(13)20-9-5-6-15(12-20)21-4/h7-8,10,15,19H,5-6,9,11-12H2,1-4H3. The van der Waals surface area contributed by atoms with Crippen LogP contribution in [0.2, 0.25) is 0 Å². The van der Waals surface area contributed by atoms with Crippen molar-refractivity contribution in [2.45, 2.75) is 51.8 Å². The van der Waals surface area contributed by atoms with E-state index in [9.17, 15) is 0 Å². The Labute approximate surface area is 137 Å². The Kier molecular flexibility index (Phi) is 5.69. The third kappa shape index (κ3) is 4.97. The van der Waals surface area contributed by atoms with E-state index in [0.29, 0.717) is 6.10 Å². The first-order valence-corrected chi connectivity index (χ1v) is 8.49. The molecule has 1 heterocycles. The van der Waals surface area contributed by atoms with Gasteiger partial charge in [-0.2, -0.15) is 0 Å². The molecule has 0 bridgehead atoms. The number of rotatable bonds is 4. The third-order valence-corrected chi connectivity index (χ3v) is 4.40. The summed E-state index contributed by atoms with van der Waals surface area (Å²) >= 11 is 3.61. The van der Waals surface area contributed by atoms with Crippen molar-refractivity contribution in [2.24, 2.45) is 0 Å². The minimum atomic E-state index is 0.126. The predicted molar refractivity (Wildman–Crippen MR) is 93.0 cm³/mol. The molecular weight excluding hydrogens is 328 g/mol. The number of halogens is 1. The predicted octanol–water partition coefficient (Wildman–Crippen LogP) is 3.95. The minimum absolute atomic E-state index is 0.126. The van der Waals surface area contributed by atoms with Gasteiger partial charge in [-0.05, 0) is 51.3 Å². The summed E-state index contributed by atoms with van der Waals surface area (Å²) in [6.07, 6.45) is 2.70. The Bertz CT molecular complexity index is 470. The van der Waals surface area contributed by atoms with Crippen LogP contribution in [0.5, 0.6) is 0 Å². The summed E-state index contributed by atoms with van der Waals surface area (Å²) in [6, 6.07) is 6.58. The molecule has 0 radical (unpaired) electrons. The van der Waals surface area contributed by atoms with E-state index < -0.39 is 0 Å². The Balaban J connectivity index is 2.18. The molecule has 118 valence electrons. The van der Waals surface area contributed by atoms with Gasteiger partial charge in [0.2, 0.25) is 0 Å². The molecule has 1 unspecified atom stereocenters. The van der Waals surface area contributed by atoms with Crippen LogP contribution < -0.4 is 10.2 Å². The first kappa shape index (κ1) is 16.8. The highest BCUT2D eigenvalue weighted by molar-refractivity contribution is 9.10. The van der Waals surface area contributed by atoms with Crippen molar-refractivity contribution in [2.75, 3.05) is 25.1 Å². The van der Waals surface area contributed by atoms with Crippen LogP contribution in [-0.2, 0) is 11.3 Å². The normalized spacial score (nSPS) is 19.9. The van der Waals surface area contributed by atoms with E-state index in [1.54, 1.807) is 0 Å². The Morgan fingerprint density at radius 1 is 1.38 bits per heavy atom. The second-order valence-corrected chi connectivity index (χ2v) is 7.74. The van der Waals surface area contributed by atoms with Crippen molar-refractivity contribution >= 4 is 21.6 Å². The molecule has 1 atom stereocenters. The first-order chi connectivity index (χ1) is 9.89. The van der Waals surface area contributed by atoms with Gasteiger partial charge in [-0.25, -0.2) is 0 Å². The summed E-state index contributed by atoms with van der Waals surface area (Å²) in [5, 5.41) is 3.59. The number of nitrogens with one attached hydrogen (secondary N) is 1. The van der Waals surface area contributed by atoms with Gasteiger partial charge in [-0.15, -0.1) is 0 Å². The van der Waals surface area contributed by atoms with E-state index in [0.717, 1.165) is 30.5 Å². The van der Waals surface area contributed by atoms with Gasteiger partial charge < -0.3 is 15.0 Å². The van der Waals surface area contributed by atoms with Gasteiger partial charge in [0.25, 0.3) is 0 Å². The lowest BCUT2D eigenvalue weighted by atomic mass is 10.0. The van der Waals surface area contributed by atoms with Crippen molar-refractivity contribution in [3.05, 3.63) is 28.2 Å². The zero-order chi connectivity index (χ0) is 15.5. The lowest BCUT2D eigenvalue weighted by Gasteiger charge is -2.35. The number of benzene rings is 1. The van der Waals surface area contributed by atoms with Crippen LogP contribution in [0.15, 0.2) is 22.7 Å². The molecule has 3 nitrogen and oxygen atoms in total. The van der Waals surface area contributed by atoms with Gasteiger partial charge >= 0.3 is 0 Å². The van der Waals surface area contributed by atoms with Gasteiger partial charge in [-0.3, -0.25) is 0 Å². The number of hydrogen-bond acceptors (Lipinski definition) is 3. The quantitative estimate of drug-likeness (QED) is 0.885. The fourth-order valence-corrected chi connectivity index (χ4v) is 3.04. The first-order valence-electron chi connectivity index (χ1n) is 7.70. The third-order valence-electron chi connectivity index (χ3n) is 3.91. The summed E-state index contributed by atoms with van der Waals surface area (Å²) < 4.78 is 6.69. The number of piperidine rings is 1. The maximum Gasteiger partial charge on any atom is 0.0746 e. The van der Waals surface area contributed by atoms with Gasteiger partial charge in [0.15, 0.2) is 0 Å². The van der Waals surface area contributed by atoms with Gasteiger partial charge in [-0.1, -0.05) is 22.0 Å². The lowest BCUT2D eigenvalue weighted by molar-refractivity contribution is 0.0893. The lowest BCUT2D eigenvalue weighted by Crippen LogP contribution is -2.40. The summed E-state index contributed by atoms with van der Waals surface area (Å²) in [5.74, 6) is 0. The molecule has 0 amide bonds. The molecule has 21 heavy (non-hydrogen) atoms. The van der Waals surface area contributed by atoms with Crippen molar-refractivity contribution in [1.82, 2.24) is 5.32 Å². The van der Waals surface area contributed by atoms with Crippen LogP contribution in [0.25, 0.3) is 0 Å². The van der Waals surface area contributed by atoms with Gasteiger partial charge in [0, 0.05) is 42.4 Å². The topological polar surface area (TPSA) is 24.5 Å². The molecule has 0 spiro atoms. The maximum absolute atomic E-state index is 5.56. The fourth-order valence-electron chi connectivity index (χ4n) is 2.69. The average molecular weight is 355 g/mol. The molecule has 1 N–H and O–H groups in total. The fraction of sp³-hybridized carbons (Fsp3) is 0.647. The zero-order valence-corrected chi connectivity index (χ0v) is 15.2. The van der Waals surface area contributed by atoms with Crippen molar-refractivity contribution in [3.8, 4) is 0 Å². The van der Waals surface area contributed by atoms with Crippen molar-refractivity contribution in [3.63, 3.8) is 0 Å². The Morgan fingerprint density at radius 2 is 2.14 bits per heavy atom. The summed E-state index contributed by atoms with van der Waals surface area (Å²) in [7, 11) is 1.82. The molecule has 1 aromatic rings. The summed E-state index contributed by atoms with van der Waals surface area (Å²) in [6.45, 7) is 9.59. The van der Waals surface area contributed by atoms with Crippen molar-refractivity contribution < 1.29 is 4.74 Å². The Hall–Kier alpha value is -0.580. The molecule has 1 aromatic carbocycles. The van der Waals surface area contributed by atoms with Crippen LogP contribution in [0.1, 0.15) is 39.2 Å². The van der Waals surface area contributed by atoms with Gasteiger partial charge in [0.1, 0.15) is 0 Å². The van der Waals surface area contributed by atoms with Gasteiger partial charge in [0.05, 0.1) is 6.10 Å². The smallest absolute Gasteiger partial charge is 0.0746 e. The molecule has 1 aliphatic heterocycles. The van der Waals surface area contributed by atoms with E-state index in [-0.39, 0.29) is 5.54 Å². The summed E-state index contributed by atoms with van der Waals surface area (Å²) in [4.78, 5) is 2.46. The molecular formula is C17H27BrN2O. The number of methoxy groups -OCH3 is 1. The molecule has 1 fully saturated rings. The van der Waals surface area contributed by atoms with Crippen molar-refractivity contribution in [1.29, 1.82) is 0 Å². The molecule has 1 saturated heterocycles. The minimum Gasteiger partial charge on any atom is -0.380 e. The molecule has 2 rings (SSSR count). The monoisotopic (exact) mass is 354 g/mol. The van der Waals surface area contributed by atoms with E-state index in [1.165, 1.54) is 17.7 Å². The molecule has 4 heteroatoms. The molecule has 0 aromatic heterocycles. The number of hydrogen-bond donors (Lipinski definition) is 1. The average Bonchev–Trinajstić information content (AvgIpc) is 2.45. The Morgan fingerprint density at radius 3 is 2.81 bits per heavy atom. The molecule has 0 saturated carbocycles. The van der Waals surface area contributed by atoms with E-state index in [1.807, 2.05) is 7.11 Å². The summed E-state index contributed by atoms with van der Waals surface area (Å²) in [5.41, 5.74) is 2.80. The highest BCUT2D eigenvalue weighted by Gasteiger charge is 2.22. The molecule has 0 aliphatic carbocycles. The largest absolute Gasteiger partial charge is 0.380 e. The van der Waals surface area contributed by atoms with E-state index in [2.05, 4.69) is 65.1 Å². The van der Waals surface area contributed by atoms with E-state index in [4.69, 9.17) is 4.74 Å². The van der Waals surface area contributed by atoms with Crippen LogP contribution in [0, 0.1) is 0 Å². The van der Waals surface area contributed by atoms with Crippen LogP contribution in [0.4, 0.5) is 5.69 Å².